The normalized spacial score (nSPS) is 28.6. The number of esters is 3. The van der Waals surface area contributed by atoms with Gasteiger partial charge in [-0.05, 0) is 73.1 Å². The number of carbonyl (C=O) groups is 4. The van der Waals surface area contributed by atoms with E-state index >= 15 is 0 Å². The lowest BCUT2D eigenvalue weighted by molar-refractivity contribution is -0.192. The van der Waals surface area contributed by atoms with E-state index in [1.54, 1.807) is 37.5 Å². The van der Waals surface area contributed by atoms with Crippen LogP contribution in [0.3, 0.4) is 0 Å². The Morgan fingerprint density at radius 3 is 2.43 bits per heavy atom. The molecule has 0 radical (unpaired) electrons. The lowest BCUT2D eigenvalue weighted by Gasteiger charge is -2.60. The highest BCUT2D eigenvalue weighted by Gasteiger charge is 2.60. The number of fused-ring (bicyclic) bond motifs is 1. The molecule has 1 heterocycles. The molecule has 2 saturated carbocycles. The van der Waals surface area contributed by atoms with Gasteiger partial charge in [0.25, 0.3) is 0 Å². The lowest BCUT2D eigenvalue weighted by Crippen LogP contribution is -2.59. The van der Waals surface area contributed by atoms with Crippen LogP contribution in [0.1, 0.15) is 65.4 Å². The van der Waals surface area contributed by atoms with Gasteiger partial charge in [-0.15, -0.1) is 0 Å². The first-order valence-electron chi connectivity index (χ1n) is 15.0. The summed E-state index contributed by atoms with van der Waals surface area (Å²) in [5.41, 5.74) is 6.96. The molecule has 0 saturated heterocycles. The van der Waals surface area contributed by atoms with Crippen LogP contribution in [-0.4, -0.2) is 56.5 Å². The molecule has 6 atom stereocenters. The number of cyclic esters (lactones) is 1. The van der Waals surface area contributed by atoms with Crippen molar-refractivity contribution in [2.75, 3.05) is 20.3 Å². The van der Waals surface area contributed by atoms with Crippen molar-refractivity contribution in [3.8, 4) is 5.75 Å². The Labute approximate surface area is 258 Å². The maximum atomic E-state index is 12.7. The Morgan fingerprint density at radius 1 is 1.09 bits per heavy atom. The van der Waals surface area contributed by atoms with Crippen molar-refractivity contribution in [3.05, 3.63) is 53.6 Å². The molecule has 44 heavy (non-hydrogen) atoms. The summed E-state index contributed by atoms with van der Waals surface area (Å²) in [7, 11) is 1.58. The second kappa shape index (κ2) is 13.8. The molecule has 0 spiro atoms. The highest BCUT2D eigenvalue weighted by molar-refractivity contribution is 5.91. The number of hydrogen-bond acceptors (Lipinski definition) is 10. The number of carbonyl (C=O) groups excluding carboxylic acids is 4. The topological polar surface area (TPSA) is 138 Å². The van der Waals surface area contributed by atoms with Gasteiger partial charge >= 0.3 is 24.0 Å². The van der Waals surface area contributed by atoms with E-state index in [-0.39, 0.29) is 43.0 Å². The number of hydrazine groups is 1. The number of amides is 1. The first-order chi connectivity index (χ1) is 20.9. The molecule has 2 N–H and O–H groups in total. The number of methoxy groups -OCH3 is 1. The summed E-state index contributed by atoms with van der Waals surface area (Å²) in [6, 6.07) is 6.59. The fourth-order valence-corrected chi connectivity index (χ4v) is 7.46. The van der Waals surface area contributed by atoms with Crippen LogP contribution in [0.4, 0.5) is 4.79 Å². The van der Waals surface area contributed by atoms with Crippen molar-refractivity contribution in [3.63, 3.8) is 0 Å². The van der Waals surface area contributed by atoms with Gasteiger partial charge in [0.1, 0.15) is 31.7 Å². The molecule has 1 aromatic rings. The van der Waals surface area contributed by atoms with Crippen molar-refractivity contribution in [1.82, 2.24) is 10.9 Å². The third-order valence-corrected chi connectivity index (χ3v) is 9.69. The van der Waals surface area contributed by atoms with Gasteiger partial charge in [0, 0.05) is 19.3 Å². The predicted octanol–water partition coefficient (Wildman–Crippen LogP) is 4.55. The highest BCUT2D eigenvalue weighted by Crippen LogP contribution is 2.62. The third-order valence-electron chi connectivity index (χ3n) is 9.69. The number of benzene rings is 1. The summed E-state index contributed by atoms with van der Waals surface area (Å²) in [5, 5.41) is 0. The summed E-state index contributed by atoms with van der Waals surface area (Å²) in [5.74, 6) is -0.554. The highest BCUT2D eigenvalue weighted by atomic mass is 16.6. The van der Waals surface area contributed by atoms with Gasteiger partial charge in [-0.3, -0.25) is 15.0 Å². The smallest absolute Gasteiger partial charge is 0.421 e. The van der Waals surface area contributed by atoms with Crippen LogP contribution in [0.2, 0.25) is 0 Å². The fourth-order valence-electron chi connectivity index (χ4n) is 7.46. The zero-order valence-corrected chi connectivity index (χ0v) is 26.2. The molecule has 3 aliphatic rings. The molecule has 1 amide bonds. The Balaban J connectivity index is 1.52. The Kier molecular flexibility index (Phi) is 10.4. The minimum atomic E-state index is -0.694. The first kappa shape index (κ1) is 33.0. The quantitative estimate of drug-likeness (QED) is 0.158. The molecule has 240 valence electrons. The maximum absolute atomic E-state index is 12.7. The number of nitrogens with one attached hydrogen (secondary N) is 2. The number of ether oxygens (including phenoxy) is 5. The Morgan fingerprint density at radius 2 is 1.82 bits per heavy atom. The van der Waals surface area contributed by atoms with Gasteiger partial charge in [0.2, 0.25) is 0 Å². The van der Waals surface area contributed by atoms with E-state index in [1.165, 1.54) is 13.8 Å². The SMILES string of the molecule is C=C1CC[C@@H]2[C@](C)(COC(C)=O)[C@H](OC(C)=O)CC[C@@]2(C)[C@@H]1C[C@H](NNC(=O)OCc1ccc(OC)cc1)C1=CCOC1=O. The zero-order chi connectivity index (χ0) is 32.1. The van der Waals surface area contributed by atoms with Gasteiger partial charge in [-0.25, -0.2) is 15.0 Å². The molecule has 4 rings (SSSR count). The van der Waals surface area contributed by atoms with Crippen molar-refractivity contribution in [2.45, 2.75) is 78.6 Å². The van der Waals surface area contributed by atoms with Gasteiger partial charge in [-0.1, -0.05) is 38.1 Å². The molecule has 11 nitrogen and oxygen atoms in total. The summed E-state index contributed by atoms with van der Waals surface area (Å²) in [6.45, 7) is 11.8. The second-order valence-corrected chi connectivity index (χ2v) is 12.5. The Hall–Kier alpha value is -3.86. The third kappa shape index (κ3) is 7.26. The van der Waals surface area contributed by atoms with E-state index in [2.05, 4.69) is 24.4 Å². The molecule has 1 aromatic carbocycles. The molecule has 2 aliphatic carbocycles. The first-order valence-corrected chi connectivity index (χ1v) is 15.0. The van der Waals surface area contributed by atoms with Crippen LogP contribution < -0.4 is 15.6 Å². The van der Waals surface area contributed by atoms with Gasteiger partial charge < -0.3 is 23.7 Å². The summed E-state index contributed by atoms with van der Waals surface area (Å²) in [4.78, 5) is 49.3. The number of hydrogen-bond donors (Lipinski definition) is 2. The maximum Gasteiger partial charge on any atom is 0.421 e. The van der Waals surface area contributed by atoms with Crippen LogP contribution in [0.5, 0.6) is 5.75 Å². The number of rotatable bonds is 11. The standard InChI is InChI=1S/C33H44N2O9/c1-20-7-12-28-32(4,15-13-29(44-22(3)37)33(28,5)19-43-21(2)36)26(20)17-27(25-14-16-41-30(25)38)34-35-31(39)42-18-23-8-10-24(40-6)11-9-23/h8-11,14,26-29,34H,1,7,12-13,15-19H2,2-6H3,(H,35,39)/t26-,27+,28+,29-,32+,33+/m1/s1. The van der Waals surface area contributed by atoms with Crippen LogP contribution >= 0.6 is 0 Å². The van der Waals surface area contributed by atoms with E-state index in [0.717, 1.165) is 30.4 Å². The van der Waals surface area contributed by atoms with Crippen molar-refractivity contribution in [2.24, 2.45) is 22.7 Å². The van der Waals surface area contributed by atoms with Crippen molar-refractivity contribution in [1.29, 1.82) is 0 Å². The van der Waals surface area contributed by atoms with E-state index in [0.29, 0.717) is 24.2 Å². The molecule has 11 heteroatoms. The number of allylic oxidation sites excluding steroid dienone is 1. The molecule has 0 bridgehead atoms. The average Bonchev–Trinajstić information content (AvgIpc) is 3.41. The van der Waals surface area contributed by atoms with E-state index < -0.39 is 35.6 Å². The molecule has 0 aromatic heterocycles. The molecular weight excluding hydrogens is 568 g/mol. The summed E-state index contributed by atoms with van der Waals surface area (Å²) >= 11 is 0. The largest absolute Gasteiger partial charge is 0.497 e. The summed E-state index contributed by atoms with van der Waals surface area (Å²) < 4.78 is 27.1. The van der Waals surface area contributed by atoms with Gasteiger partial charge in [-0.2, -0.15) is 0 Å². The molecule has 0 unspecified atom stereocenters. The molecule has 2 fully saturated rings. The van der Waals surface area contributed by atoms with Crippen LogP contribution in [0, 0.1) is 22.7 Å². The van der Waals surface area contributed by atoms with E-state index in [4.69, 9.17) is 23.7 Å². The minimum absolute atomic E-state index is 0.0236. The van der Waals surface area contributed by atoms with Crippen LogP contribution in [0.25, 0.3) is 0 Å². The predicted molar refractivity (Wildman–Crippen MR) is 160 cm³/mol. The minimum Gasteiger partial charge on any atom is -0.497 e. The van der Waals surface area contributed by atoms with E-state index in [1.807, 2.05) is 6.92 Å². The Bertz CT molecular complexity index is 1290. The zero-order valence-electron chi connectivity index (χ0n) is 26.2. The van der Waals surface area contributed by atoms with Crippen LogP contribution in [-0.2, 0) is 39.9 Å². The average molecular weight is 613 g/mol. The fraction of sp³-hybridized carbons (Fsp3) is 0.576. The molecule has 1 aliphatic heterocycles. The second-order valence-electron chi connectivity index (χ2n) is 12.5. The van der Waals surface area contributed by atoms with E-state index in [9.17, 15) is 19.2 Å². The van der Waals surface area contributed by atoms with Crippen LogP contribution in [0.15, 0.2) is 48.1 Å². The summed E-state index contributed by atoms with van der Waals surface area (Å²) in [6.07, 6.45) is 3.91. The van der Waals surface area contributed by atoms with Gasteiger partial charge in [0.15, 0.2) is 0 Å². The van der Waals surface area contributed by atoms with Crippen molar-refractivity contribution < 1.29 is 42.9 Å². The van der Waals surface area contributed by atoms with Gasteiger partial charge in [0.05, 0.1) is 18.7 Å². The van der Waals surface area contributed by atoms with Crippen molar-refractivity contribution >= 4 is 24.0 Å². The molecular formula is C33H44N2O9. The monoisotopic (exact) mass is 612 g/mol. The lowest BCUT2D eigenvalue weighted by atomic mass is 9.46.